The van der Waals surface area contributed by atoms with Crippen LogP contribution in [0.4, 0.5) is 4.39 Å². The molecule has 2 nitrogen and oxygen atoms in total. The SMILES string of the molecule is Cc1ncc(C#Cc2ccc(C(C)C)c(F)c2)cn1. The van der Waals surface area contributed by atoms with Gasteiger partial charge in [0.2, 0.25) is 0 Å². The molecule has 0 atom stereocenters. The number of benzene rings is 1. The fourth-order valence-corrected chi connectivity index (χ4v) is 1.67. The largest absolute Gasteiger partial charge is 0.240 e. The van der Waals surface area contributed by atoms with E-state index in [-0.39, 0.29) is 11.7 Å². The lowest BCUT2D eigenvalue weighted by Crippen LogP contribution is -1.93. The Bertz CT molecular complexity index is 634. The van der Waals surface area contributed by atoms with Crippen molar-refractivity contribution in [3.8, 4) is 11.8 Å². The first-order chi connectivity index (χ1) is 9.06. The van der Waals surface area contributed by atoms with Crippen LogP contribution in [0.5, 0.6) is 0 Å². The molecule has 0 radical (unpaired) electrons. The molecule has 2 rings (SSSR count). The van der Waals surface area contributed by atoms with Crippen molar-refractivity contribution in [1.82, 2.24) is 9.97 Å². The van der Waals surface area contributed by atoms with Gasteiger partial charge in [0.05, 0.1) is 5.56 Å². The Morgan fingerprint density at radius 2 is 1.68 bits per heavy atom. The molecule has 0 spiro atoms. The van der Waals surface area contributed by atoms with Crippen LogP contribution in [0.15, 0.2) is 30.6 Å². The second-order valence-corrected chi connectivity index (χ2v) is 4.66. The van der Waals surface area contributed by atoms with Crippen molar-refractivity contribution in [2.75, 3.05) is 0 Å². The van der Waals surface area contributed by atoms with E-state index in [1.165, 1.54) is 6.07 Å². The van der Waals surface area contributed by atoms with Gasteiger partial charge in [0.15, 0.2) is 0 Å². The van der Waals surface area contributed by atoms with E-state index in [2.05, 4.69) is 21.8 Å². The minimum absolute atomic E-state index is 0.174. The highest BCUT2D eigenvalue weighted by Crippen LogP contribution is 2.18. The molecule has 0 amide bonds. The van der Waals surface area contributed by atoms with Crippen LogP contribution in [0.25, 0.3) is 0 Å². The van der Waals surface area contributed by atoms with Crippen LogP contribution in [0.3, 0.4) is 0 Å². The van der Waals surface area contributed by atoms with Crippen LogP contribution < -0.4 is 0 Å². The topological polar surface area (TPSA) is 25.8 Å². The summed E-state index contributed by atoms with van der Waals surface area (Å²) in [5, 5.41) is 0. The average Bonchev–Trinajstić information content (AvgIpc) is 2.37. The maximum absolute atomic E-state index is 13.8. The lowest BCUT2D eigenvalue weighted by atomic mass is 10.0. The smallest absolute Gasteiger partial charge is 0.127 e. The maximum atomic E-state index is 13.8. The van der Waals surface area contributed by atoms with Gasteiger partial charge < -0.3 is 0 Å². The summed E-state index contributed by atoms with van der Waals surface area (Å²) in [7, 11) is 0. The molecule has 96 valence electrons. The molecule has 1 aromatic heterocycles. The minimum Gasteiger partial charge on any atom is -0.240 e. The lowest BCUT2D eigenvalue weighted by Gasteiger charge is -2.06. The Morgan fingerprint density at radius 3 is 2.26 bits per heavy atom. The molecule has 0 aliphatic rings. The Labute approximate surface area is 112 Å². The summed E-state index contributed by atoms with van der Waals surface area (Å²) < 4.78 is 13.8. The van der Waals surface area contributed by atoms with Crippen molar-refractivity contribution < 1.29 is 4.39 Å². The lowest BCUT2D eigenvalue weighted by molar-refractivity contribution is 0.598. The molecule has 0 aliphatic carbocycles. The van der Waals surface area contributed by atoms with Crippen molar-refractivity contribution in [3.05, 3.63) is 58.9 Å². The number of halogens is 1. The molecule has 1 aromatic carbocycles. The fourth-order valence-electron chi connectivity index (χ4n) is 1.67. The number of aromatic nitrogens is 2. The van der Waals surface area contributed by atoms with Crippen molar-refractivity contribution in [2.24, 2.45) is 0 Å². The second-order valence-electron chi connectivity index (χ2n) is 4.66. The molecule has 0 fully saturated rings. The van der Waals surface area contributed by atoms with Gasteiger partial charge in [-0.1, -0.05) is 31.8 Å². The summed E-state index contributed by atoms with van der Waals surface area (Å²) in [5.74, 6) is 6.51. The zero-order valence-corrected chi connectivity index (χ0v) is 11.2. The van der Waals surface area contributed by atoms with E-state index in [1.807, 2.05) is 26.8 Å². The van der Waals surface area contributed by atoms with Gasteiger partial charge >= 0.3 is 0 Å². The van der Waals surface area contributed by atoms with Crippen molar-refractivity contribution >= 4 is 0 Å². The predicted octanol–water partition coefficient (Wildman–Crippen LogP) is 3.45. The minimum atomic E-state index is -0.207. The van der Waals surface area contributed by atoms with E-state index >= 15 is 0 Å². The molecule has 0 bridgehead atoms. The van der Waals surface area contributed by atoms with Crippen LogP contribution in [0.1, 0.15) is 42.3 Å². The summed E-state index contributed by atoms with van der Waals surface area (Å²) in [6.45, 7) is 5.75. The van der Waals surface area contributed by atoms with Crippen LogP contribution in [0.2, 0.25) is 0 Å². The number of rotatable bonds is 1. The molecule has 1 heterocycles. The number of hydrogen-bond acceptors (Lipinski definition) is 2. The maximum Gasteiger partial charge on any atom is 0.127 e. The van der Waals surface area contributed by atoms with Gasteiger partial charge in [0.25, 0.3) is 0 Å². The number of aryl methyl sites for hydroxylation is 1. The number of nitrogens with zero attached hydrogens (tertiary/aromatic N) is 2. The third kappa shape index (κ3) is 3.38. The number of hydrogen-bond donors (Lipinski definition) is 0. The highest BCUT2D eigenvalue weighted by molar-refractivity contribution is 5.42. The van der Waals surface area contributed by atoms with E-state index in [4.69, 9.17) is 0 Å². The van der Waals surface area contributed by atoms with E-state index in [0.717, 1.165) is 5.56 Å². The summed E-state index contributed by atoms with van der Waals surface area (Å²) in [5.41, 5.74) is 2.09. The van der Waals surface area contributed by atoms with E-state index in [1.54, 1.807) is 18.5 Å². The normalized spacial score (nSPS) is 10.2. The fraction of sp³-hybridized carbons (Fsp3) is 0.250. The monoisotopic (exact) mass is 254 g/mol. The summed E-state index contributed by atoms with van der Waals surface area (Å²) in [6, 6.07) is 5.09. The predicted molar refractivity (Wildman–Crippen MR) is 73.2 cm³/mol. The Balaban J connectivity index is 2.25. The third-order valence-corrected chi connectivity index (χ3v) is 2.75. The van der Waals surface area contributed by atoms with Crippen LogP contribution >= 0.6 is 0 Å². The molecular weight excluding hydrogens is 239 g/mol. The average molecular weight is 254 g/mol. The summed E-state index contributed by atoms with van der Waals surface area (Å²) in [6.07, 6.45) is 3.32. The van der Waals surface area contributed by atoms with Gasteiger partial charge in [-0.05, 0) is 30.5 Å². The van der Waals surface area contributed by atoms with Gasteiger partial charge in [-0.2, -0.15) is 0 Å². The van der Waals surface area contributed by atoms with Crippen LogP contribution in [-0.2, 0) is 0 Å². The Kier molecular flexibility index (Phi) is 3.91. The molecule has 2 aromatic rings. The molecule has 0 N–H and O–H groups in total. The first-order valence-corrected chi connectivity index (χ1v) is 6.16. The van der Waals surface area contributed by atoms with Gasteiger partial charge in [-0.3, -0.25) is 0 Å². The highest BCUT2D eigenvalue weighted by atomic mass is 19.1. The van der Waals surface area contributed by atoms with Gasteiger partial charge in [-0.25, -0.2) is 14.4 Å². The van der Waals surface area contributed by atoms with Gasteiger partial charge in [0, 0.05) is 18.0 Å². The van der Waals surface area contributed by atoms with Crippen LogP contribution in [-0.4, -0.2) is 9.97 Å². The van der Waals surface area contributed by atoms with Gasteiger partial charge in [-0.15, -0.1) is 0 Å². The quantitative estimate of drug-likeness (QED) is 0.728. The highest BCUT2D eigenvalue weighted by Gasteiger charge is 2.06. The van der Waals surface area contributed by atoms with E-state index in [0.29, 0.717) is 17.0 Å². The van der Waals surface area contributed by atoms with Crippen molar-refractivity contribution in [1.29, 1.82) is 0 Å². The third-order valence-electron chi connectivity index (χ3n) is 2.75. The first kappa shape index (κ1) is 13.2. The van der Waals surface area contributed by atoms with E-state index < -0.39 is 0 Å². The van der Waals surface area contributed by atoms with Crippen LogP contribution in [0, 0.1) is 24.6 Å². The van der Waals surface area contributed by atoms with Gasteiger partial charge in [0.1, 0.15) is 11.6 Å². The Morgan fingerprint density at radius 1 is 1.05 bits per heavy atom. The first-order valence-electron chi connectivity index (χ1n) is 6.16. The zero-order valence-electron chi connectivity index (χ0n) is 11.2. The summed E-state index contributed by atoms with van der Waals surface area (Å²) >= 11 is 0. The Hall–Kier alpha value is -2.21. The van der Waals surface area contributed by atoms with Crippen molar-refractivity contribution in [2.45, 2.75) is 26.7 Å². The standard InChI is InChI=1S/C16H15FN2/c1-11(2)15-7-6-13(8-16(15)17)4-5-14-9-18-12(3)19-10-14/h6-11H,1-3H3. The molecule has 3 heteroatoms. The molecule has 0 saturated heterocycles. The zero-order chi connectivity index (χ0) is 13.8. The second kappa shape index (κ2) is 5.62. The van der Waals surface area contributed by atoms with Crippen molar-refractivity contribution in [3.63, 3.8) is 0 Å². The molecule has 0 saturated carbocycles. The van der Waals surface area contributed by atoms with E-state index in [9.17, 15) is 4.39 Å². The molecular formula is C16H15FN2. The molecule has 19 heavy (non-hydrogen) atoms. The molecule has 0 unspecified atom stereocenters. The molecule has 0 aliphatic heterocycles. The summed E-state index contributed by atoms with van der Waals surface area (Å²) in [4.78, 5) is 8.12.